The summed E-state index contributed by atoms with van der Waals surface area (Å²) >= 11 is 0. The summed E-state index contributed by atoms with van der Waals surface area (Å²) in [6, 6.07) is 16.8. The van der Waals surface area contributed by atoms with E-state index in [0.717, 1.165) is 11.1 Å². The average molecular weight is 395 g/mol. The summed E-state index contributed by atoms with van der Waals surface area (Å²) in [5, 5.41) is 3.07. The summed E-state index contributed by atoms with van der Waals surface area (Å²) in [5.74, 6) is 2.28. The van der Waals surface area contributed by atoms with Gasteiger partial charge in [0.1, 0.15) is 11.8 Å². The van der Waals surface area contributed by atoms with Crippen LogP contribution in [0.3, 0.4) is 0 Å². The number of hydrogen-bond donors (Lipinski definition) is 1. The number of amides is 1. The number of carbonyl (C=O) groups is 1. The molecule has 0 fully saturated rings. The van der Waals surface area contributed by atoms with Crippen LogP contribution < -0.4 is 19.5 Å². The van der Waals surface area contributed by atoms with Crippen molar-refractivity contribution < 1.29 is 23.4 Å². The van der Waals surface area contributed by atoms with E-state index < -0.39 is 0 Å². The van der Waals surface area contributed by atoms with Gasteiger partial charge in [0.2, 0.25) is 11.7 Å². The molecule has 0 saturated carbocycles. The molecular weight excluding hydrogens is 370 g/mol. The summed E-state index contributed by atoms with van der Waals surface area (Å²) in [5.41, 5.74) is 1.88. The van der Waals surface area contributed by atoms with E-state index >= 15 is 0 Å². The molecule has 0 aliphatic rings. The summed E-state index contributed by atoms with van der Waals surface area (Å²) in [4.78, 5) is 12.7. The zero-order chi connectivity index (χ0) is 20.6. The second-order valence-electron chi connectivity index (χ2n) is 6.46. The van der Waals surface area contributed by atoms with Gasteiger partial charge in [-0.05, 0) is 41.8 Å². The van der Waals surface area contributed by atoms with Gasteiger partial charge >= 0.3 is 0 Å². The van der Waals surface area contributed by atoms with Crippen LogP contribution in [0.15, 0.2) is 65.3 Å². The lowest BCUT2D eigenvalue weighted by Gasteiger charge is -2.18. The monoisotopic (exact) mass is 395 g/mol. The molecule has 3 rings (SSSR count). The molecule has 29 heavy (non-hydrogen) atoms. The van der Waals surface area contributed by atoms with E-state index in [9.17, 15) is 4.79 Å². The number of aryl methyl sites for hydroxylation is 1. The number of nitrogens with one attached hydrogen (secondary N) is 1. The number of rotatable bonds is 9. The van der Waals surface area contributed by atoms with Gasteiger partial charge < -0.3 is 23.9 Å². The maximum Gasteiger partial charge on any atom is 0.221 e. The van der Waals surface area contributed by atoms with Gasteiger partial charge in [0.15, 0.2) is 11.5 Å². The smallest absolute Gasteiger partial charge is 0.221 e. The first-order valence-electron chi connectivity index (χ1n) is 9.32. The van der Waals surface area contributed by atoms with Crippen LogP contribution in [0.5, 0.6) is 17.2 Å². The van der Waals surface area contributed by atoms with Crippen molar-refractivity contribution in [3.05, 3.63) is 77.7 Å². The highest BCUT2D eigenvalue weighted by molar-refractivity contribution is 5.77. The summed E-state index contributed by atoms with van der Waals surface area (Å²) in [7, 11) is 4.70. The van der Waals surface area contributed by atoms with Crippen molar-refractivity contribution in [2.24, 2.45) is 0 Å². The fourth-order valence-electron chi connectivity index (χ4n) is 3.19. The van der Waals surface area contributed by atoms with Crippen LogP contribution in [0.25, 0.3) is 0 Å². The quantitative estimate of drug-likeness (QED) is 0.590. The fraction of sp³-hybridized carbons (Fsp3) is 0.261. The minimum atomic E-state index is -0.335. The summed E-state index contributed by atoms with van der Waals surface area (Å²) in [6.07, 6.45) is 2.44. The maximum atomic E-state index is 12.7. The molecule has 2 aromatic carbocycles. The number of benzene rings is 2. The Morgan fingerprint density at radius 1 is 0.966 bits per heavy atom. The molecule has 0 spiro atoms. The summed E-state index contributed by atoms with van der Waals surface area (Å²) < 4.78 is 21.6. The molecule has 1 unspecified atom stereocenters. The van der Waals surface area contributed by atoms with E-state index in [1.54, 1.807) is 27.6 Å². The van der Waals surface area contributed by atoms with Crippen LogP contribution in [0.2, 0.25) is 0 Å². The lowest BCUT2D eigenvalue weighted by atomic mass is 10.0. The molecule has 0 radical (unpaired) electrons. The fourth-order valence-corrected chi connectivity index (χ4v) is 3.19. The van der Waals surface area contributed by atoms with E-state index in [4.69, 9.17) is 18.6 Å². The third-order valence-corrected chi connectivity index (χ3v) is 4.63. The zero-order valence-corrected chi connectivity index (χ0v) is 16.8. The van der Waals surface area contributed by atoms with Gasteiger partial charge in [-0.15, -0.1) is 0 Å². The highest BCUT2D eigenvalue weighted by atomic mass is 16.5. The van der Waals surface area contributed by atoms with Gasteiger partial charge in [0.05, 0.1) is 27.6 Å². The molecule has 152 valence electrons. The SMILES string of the molecule is COc1cc(CCC(=O)NC(c2ccccc2)c2ccco2)cc(OC)c1OC. The maximum absolute atomic E-state index is 12.7. The minimum absolute atomic E-state index is 0.0796. The first-order chi connectivity index (χ1) is 14.2. The Morgan fingerprint density at radius 2 is 1.66 bits per heavy atom. The Balaban J connectivity index is 1.72. The van der Waals surface area contributed by atoms with Gasteiger partial charge in [-0.25, -0.2) is 0 Å². The van der Waals surface area contributed by atoms with Crippen LogP contribution in [0.4, 0.5) is 0 Å². The lowest BCUT2D eigenvalue weighted by molar-refractivity contribution is -0.121. The number of furan rings is 1. The third kappa shape index (κ3) is 4.90. The number of ether oxygens (including phenoxy) is 3. The predicted octanol–water partition coefficient (Wildman–Crippen LogP) is 4.14. The Hall–Kier alpha value is -3.41. The Bertz CT molecular complexity index is 897. The highest BCUT2D eigenvalue weighted by Crippen LogP contribution is 2.38. The van der Waals surface area contributed by atoms with Crippen LogP contribution in [-0.4, -0.2) is 27.2 Å². The van der Waals surface area contributed by atoms with Crippen LogP contribution in [0, 0.1) is 0 Å². The third-order valence-electron chi connectivity index (χ3n) is 4.63. The Morgan fingerprint density at radius 3 is 2.21 bits per heavy atom. The van der Waals surface area contributed by atoms with E-state index in [1.165, 1.54) is 0 Å². The molecular formula is C23H25NO5. The van der Waals surface area contributed by atoms with Gasteiger partial charge in [-0.2, -0.15) is 0 Å². The molecule has 0 aliphatic heterocycles. The summed E-state index contributed by atoms with van der Waals surface area (Å²) in [6.45, 7) is 0. The largest absolute Gasteiger partial charge is 0.493 e. The number of methoxy groups -OCH3 is 3. The van der Waals surface area contributed by atoms with Crippen LogP contribution in [-0.2, 0) is 11.2 Å². The first-order valence-corrected chi connectivity index (χ1v) is 9.32. The second-order valence-corrected chi connectivity index (χ2v) is 6.46. The van der Waals surface area contributed by atoms with Crippen LogP contribution >= 0.6 is 0 Å². The molecule has 1 aromatic heterocycles. The molecule has 0 saturated heterocycles. The molecule has 6 nitrogen and oxygen atoms in total. The molecule has 0 aliphatic carbocycles. The Kier molecular flexibility index (Phi) is 6.79. The molecule has 1 atom stereocenters. The van der Waals surface area contributed by atoms with Crippen molar-refractivity contribution in [1.29, 1.82) is 0 Å². The minimum Gasteiger partial charge on any atom is -0.493 e. The highest BCUT2D eigenvalue weighted by Gasteiger charge is 2.20. The Labute approximate surface area is 170 Å². The van der Waals surface area contributed by atoms with Crippen molar-refractivity contribution in [2.45, 2.75) is 18.9 Å². The van der Waals surface area contributed by atoms with Gasteiger partial charge in [0.25, 0.3) is 0 Å². The van der Waals surface area contributed by atoms with Gasteiger partial charge in [-0.1, -0.05) is 30.3 Å². The van der Waals surface area contributed by atoms with Crippen molar-refractivity contribution in [3.8, 4) is 17.2 Å². The molecule has 3 aromatic rings. The lowest BCUT2D eigenvalue weighted by Crippen LogP contribution is -2.29. The van der Waals surface area contributed by atoms with E-state index in [2.05, 4.69) is 5.32 Å². The van der Waals surface area contributed by atoms with Gasteiger partial charge in [0, 0.05) is 6.42 Å². The zero-order valence-electron chi connectivity index (χ0n) is 16.8. The number of hydrogen-bond acceptors (Lipinski definition) is 5. The standard InChI is InChI=1S/C23H25NO5/c1-26-19-14-16(15-20(27-2)23(19)28-3)11-12-21(25)24-22(18-10-7-13-29-18)17-8-5-4-6-9-17/h4-10,13-15,22H,11-12H2,1-3H3,(H,24,25). The van der Waals surface area contributed by atoms with Crippen molar-refractivity contribution in [2.75, 3.05) is 21.3 Å². The van der Waals surface area contributed by atoms with E-state index in [0.29, 0.717) is 35.9 Å². The van der Waals surface area contributed by atoms with Crippen molar-refractivity contribution >= 4 is 5.91 Å². The average Bonchev–Trinajstić information content (AvgIpc) is 3.30. The van der Waals surface area contributed by atoms with E-state index in [-0.39, 0.29) is 11.9 Å². The van der Waals surface area contributed by atoms with E-state index in [1.807, 2.05) is 54.6 Å². The molecule has 6 heteroatoms. The van der Waals surface area contributed by atoms with Crippen LogP contribution in [0.1, 0.15) is 29.3 Å². The normalized spacial score (nSPS) is 11.6. The second kappa shape index (κ2) is 9.68. The predicted molar refractivity (Wildman–Crippen MR) is 110 cm³/mol. The van der Waals surface area contributed by atoms with Gasteiger partial charge in [-0.3, -0.25) is 4.79 Å². The van der Waals surface area contributed by atoms with Crippen molar-refractivity contribution in [3.63, 3.8) is 0 Å². The molecule has 1 N–H and O–H groups in total. The molecule has 1 heterocycles. The molecule has 1 amide bonds. The molecule has 0 bridgehead atoms. The first kappa shape index (κ1) is 20.3. The van der Waals surface area contributed by atoms with Crippen molar-refractivity contribution in [1.82, 2.24) is 5.32 Å². The topological polar surface area (TPSA) is 69.9 Å². The number of carbonyl (C=O) groups excluding carboxylic acids is 1.